The maximum Gasteiger partial charge on any atom is 0.191 e. The SMILES string of the molecule is CCOC(CCNC(=NC)NCc1cccc(-c2ncn[nH]2)c1)C(C)C.I. The molecule has 1 heterocycles. The summed E-state index contributed by atoms with van der Waals surface area (Å²) in [6.45, 7) is 8.67. The molecule has 0 spiro atoms. The minimum absolute atomic E-state index is 0. The Morgan fingerprint density at radius 1 is 1.30 bits per heavy atom. The highest BCUT2D eigenvalue weighted by Gasteiger charge is 2.13. The predicted molar refractivity (Wildman–Crippen MR) is 120 cm³/mol. The number of guanidine groups is 1. The van der Waals surface area contributed by atoms with Crippen LogP contribution in [-0.4, -0.2) is 47.4 Å². The average molecular weight is 486 g/mol. The molecule has 0 aliphatic heterocycles. The van der Waals surface area contributed by atoms with Crippen LogP contribution in [0.3, 0.4) is 0 Å². The van der Waals surface area contributed by atoms with Crippen molar-refractivity contribution in [3.63, 3.8) is 0 Å². The Balaban J connectivity index is 0.00000364. The molecule has 2 rings (SSSR count). The van der Waals surface area contributed by atoms with Gasteiger partial charge < -0.3 is 15.4 Å². The van der Waals surface area contributed by atoms with Crippen LogP contribution in [0.25, 0.3) is 11.4 Å². The van der Waals surface area contributed by atoms with Crippen LogP contribution in [0.15, 0.2) is 35.6 Å². The van der Waals surface area contributed by atoms with Gasteiger partial charge in [-0.15, -0.1) is 24.0 Å². The van der Waals surface area contributed by atoms with E-state index in [4.69, 9.17) is 4.74 Å². The lowest BCUT2D eigenvalue weighted by Gasteiger charge is -2.21. The van der Waals surface area contributed by atoms with E-state index in [0.717, 1.165) is 42.5 Å². The molecular formula is C19H31IN6O. The van der Waals surface area contributed by atoms with Gasteiger partial charge in [0, 0.05) is 32.3 Å². The Kier molecular flexibility index (Phi) is 11.0. The molecule has 7 nitrogen and oxygen atoms in total. The van der Waals surface area contributed by atoms with E-state index in [2.05, 4.69) is 56.8 Å². The average Bonchev–Trinajstić information content (AvgIpc) is 3.18. The van der Waals surface area contributed by atoms with Crippen molar-refractivity contribution in [3.8, 4) is 11.4 Å². The molecule has 1 aromatic carbocycles. The Bertz CT molecular complexity index is 675. The molecule has 0 amide bonds. The van der Waals surface area contributed by atoms with Crippen molar-refractivity contribution in [2.24, 2.45) is 10.9 Å². The van der Waals surface area contributed by atoms with Crippen molar-refractivity contribution in [2.75, 3.05) is 20.2 Å². The van der Waals surface area contributed by atoms with Crippen LogP contribution in [0.5, 0.6) is 0 Å². The molecule has 1 unspecified atom stereocenters. The maximum absolute atomic E-state index is 5.78. The first-order chi connectivity index (χ1) is 12.6. The van der Waals surface area contributed by atoms with Crippen LogP contribution in [0.4, 0.5) is 0 Å². The number of hydrogen-bond acceptors (Lipinski definition) is 4. The first-order valence-corrected chi connectivity index (χ1v) is 9.14. The molecule has 1 aromatic heterocycles. The topological polar surface area (TPSA) is 87.2 Å². The van der Waals surface area contributed by atoms with Gasteiger partial charge in [-0.25, -0.2) is 4.98 Å². The summed E-state index contributed by atoms with van der Waals surface area (Å²) < 4.78 is 5.78. The molecule has 8 heteroatoms. The summed E-state index contributed by atoms with van der Waals surface area (Å²) in [5.41, 5.74) is 2.16. The standard InChI is InChI=1S/C19H30N6O.HI/c1-5-26-17(14(2)3)9-10-21-19(20-4)22-12-15-7-6-8-16(11-15)18-23-13-24-25-18;/h6-8,11,13-14,17H,5,9-10,12H2,1-4H3,(H2,20,21,22)(H,23,24,25);1H. The summed E-state index contributed by atoms with van der Waals surface area (Å²) in [6, 6.07) is 8.19. The van der Waals surface area contributed by atoms with Gasteiger partial charge >= 0.3 is 0 Å². The number of nitrogens with one attached hydrogen (secondary N) is 3. The molecular weight excluding hydrogens is 455 g/mol. The smallest absolute Gasteiger partial charge is 0.191 e. The lowest BCUT2D eigenvalue weighted by Crippen LogP contribution is -2.38. The summed E-state index contributed by atoms with van der Waals surface area (Å²) in [5.74, 6) is 2.06. The highest BCUT2D eigenvalue weighted by molar-refractivity contribution is 14.0. The fourth-order valence-corrected chi connectivity index (χ4v) is 2.74. The lowest BCUT2D eigenvalue weighted by molar-refractivity contribution is 0.0258. The number of hydrogen-bond donors (Lipinski definition) is 3. The minimum Gasteiger partial charge on any atom is -0.378 e. The monoisotopic (exact) mass is 486 g/mol. The number of nitrogens with zero attached hydrogens (tertiary/aromatic N) is 3. The van der Waals surface area contributed by atoms with Crippen LogP contribution in [0, 0.1) is 5.92 Å². The zero-order valence-electron chi connectivity index (χ0n) is 16.5. The van der Waals surface area contributed by atoms with E-state index in [1.165, 1.54) is 6.33 Å². The van der Waals surface area contributed by atoms with Crippen molar-refractivity contribution in [3.05, 3.63) is 36.2 Å². The number of H-pyrrole nitrogens is 1. The molecule has 2 aromatic rings. The van der Waals surface area contributed by atoms with E-state index in [0.29, 0.717) is 12.5 Å². The third-order valence-electron chi connectivity index (χ3n) is 4.14. The molecule has 0 aliphatic carbocycles. The quantitative estimate of drug-likeness (QED) is 0.288. The molecule has 3 N–H and O–H groups in total. The third kappa shape index (κ3) is 7.84. The van der Waals surface area contributed by atoms with Crippen LogP contribution in [0.2, 0.25) is 0 Å². The lowest BCUT2D eigenvalue weighted by atomic mass is 10.0. The summed E-state index contributed by atoms with van der Waals surface area (Å²) in [6.07, 6.45) is 2.73. The second-order valence-electron chi connectivity index (χ2n) is 6.41. The van der Waals surface area contributed by atoms with Gasteiger partial charge in [-0.05, 0) is 30.9 Å². The van der Waals surface area contributed by atoms with Gasteiger partial charge in [0.2, 0.25) is 0 Å². The van der Waals surface area contributed by atoms with Crippen molar-refractivity contribution in [2.45, 2.75) is 39.8 Å². The number of aromatic amines is 1. The number of rotatable bonds is 9. The van der Waals surface area contributed by atoms with Crippen LogP contribution < -0.4 is 10.6 Å². The van der Waals surface area contributed by atoms with Gasteiger partial charge in [0.05, 0.1) is 6.10 Å². The van der Waals surface area contributed by atoms with Crippen LogP contribution >= 0.6 is 24.0 Å². The largest absolute Gasteiger partial charge is 0.378 e. The summed E-state index contributed by atoms with van der Waals surface area (Å²) in [7, 11) is 1.78. The second-order valence-corrected chi connectivity index (χ2v) is 6.41. The van der Waals surface area contributed by atoms with Crippen LogP contribution in [-0.2, 0) is 11.3 Å². The number of aliphatic imine (C=N–C) groups is 1. The first kappa shape index (κ1) is 23.4. The fraction of sp³-hybridized carbons (Fsp3) is 0.526. The van der Waals surface area contributed by atoms with E-state index < -0.39 is 0 Å². The van der Waals surface area contributed by atoms with Gasteiger partial charge in [-0.3, -0.25) is 10.1 Å². The molecule has 0 radical (unpaired) electrons. The van der Waals surface area contributed by atoms with Gasteiger partial charge in [0.15, 0.2) is 11.8 Å². The Labute approximate surface area is 178 Å². The molecule has 0 saturated heterocycles. The van der Waals surface area contributed by atoms with Gasteiger partial charge in [0.1, 0.15) is 6.33 Å². The van der Waals surface area contributed by atoms with E-state index in [9.17, 15) is 0 Å². The van der Waals surface area contributed by atoms with E-state index in [1.807, 2.05) is 19.1 Å². The Morgan fingerprint density at radius 3 is 2.74 bits per heavy atom. The van der Waals surface area contributed by atoms with Gasteiger partial charge in [-0.1, -0.05) is 32.0 Å². The molecule has 0 saturated carbocycles. The number of aromatic nitrogens is 3. The summed E-state index contributed by atoms with van der Waals surface area (Å²) in [4.78, 5) is 8.48. The summed E-state index contributed by atoms with van der Waals surface area (Å²) >= 11 is 0. The van der Waals surface area contributed by atoms with Crippen molar-refractivity contribution in [1.29, 1.82) is 0 Å². The number of halogens is 1. The number of benzene rings is 1. The number of ether oxygens (including phenoxy) is 1. The van der Waals surface area contributed by atoms with Crippen LogP contribution in [0.1, 0.15) is 32.8 Å². The minimum atomic E-state index is 0. The Hall–Kier alpha value is -1.68. The van der Waals surface area contributed by atoms with Crippen molar-refractivity contribution >= 4 is 29.9 Å². The van der Waals surface area contributed by atoms with Crippen molar-refractivity contribution < 1.29 is 4.74 Å². The first-order valence-electron chi connectivity index (χ1n) is 9.14. The molecule has 27 heavy (non-hydrogen) atoms. The van der Waals surface area contributed by atoms with E-state index in [-0.39, 0.29) is 30.1 Å². The van der Waals surface area contributed by atoms with Crippen molar-refractivity contribution in [1.82, 2.24) is 25.8 Å². The normalized spacial score (nSPS) is 12.6. The zero-order valence-corrected chi connectivity index (χ0v) is 18.9. The van der Waals surface area contributed by atoms with Gasteiger partial charge in [-0.2, -0.15) is 5.10 Å². The summed E-state index contributed by atoms with van der Waals surface area (Å²) in [5, 5.41) is 13.5. The molecule has 0 aliphatic rings. The molecule has 150 valence electrons. The molecule has 0 bridgehead atoms. The maximum atomic E-state index is 5.78. The fourth-order valence-electron chi connectivity index (χ4n) is 2.74. The highest BCUT2D eigenvalue weighted by atomic mass is 127. The Morgan fingerprint density at radius 2 is 2.11 bits per heavy atom. The van der Waals surface area contributed by atoms with E-state index >= 15 is 0 Å². The molecule has 0 fully saturated rings. The third-order valence-corrected chi connectivity index (χ3v) is 4.14. The van der Waals surface area contributed by atoms with E-state index in [1.54, 1.807) is 7.05 Å². The predicted octanol–water partition coefficient (Wildman–Crippen LogP) is 3.21. The molecule has 1 atom stereocenters. The zero-order chi connectivity index (χ0) is 18.8. The second kappa shape index (κ2) is 12.7. The highest BCUT2D eigenvalue weighted by Crippen LogP contribution is 2.15. The van der Waals surface area contributed by atoms with Gasteiger partial charge in [0.25, 0.3) is 0 Å².